The second-order valence-corrected chi connectivity index (χ2v) is 9.38. The largest absolute Gasteiger partial charge is 0.301 e. The van der Waals surface area contributed by atoms with Gasteiger partial charge in [0, 0.05) is 37.3 Å². The standard InChI is InChI=1S/C20H41N3/c1-7-20(5,6)23-12-9-18(10-13-23)8-11-21-14-16-22(17-15-21)19(2,3)4/h18H,7-17H2,1-6H3. The van der Waals surface area contributed by atoms with Crippen LogP contribution in [0.3, 0.4) is 0 Å². The molecule has 0 aromatic rings. The highest BCUT2D eigenvalue weighted by molar-refractivity contribution is 4.85. The molecular formula is C20H41N3. The minimum absolute atomic E-state index is 0.338. The van der Waals surface area contributed by atoms with Crippen molar-refractivity contribution in [3.8, 4) is 0 Å². The van der Waals surface area contributed by atoms with Crippen LogP contribution in [-0.4, -0.2) is 71.6 Å². The zero-order chi connectivity index (χ0) is 17.1. The molecule has 0 aromatic carbocycles. The Morgan fingerprint density at radius 2 is 1.35 bits per heavy atom. The van der Waals surface area contributed by atoms with Crippen LogP contribution in [-0.2, 0) is 0 Å². The van der Waals surface area contributed by atoms with E-state index in [1.807, 2.05) is 0 Å². The van der Waals surface area contributed by atoms with Crippen molar-refractivity contribution in [2.45, 2.75) is 78.3 Å². The van der Waals surface area contributed by atoms with Gasteiger partial charge in [-0.2, -0.15) is 0 Å². The van der Waals surface area contributed by atoms with Gasteiger partial charge in [-0.15, -0.1) is 0 Å². The lowest BCUT2D eigenvalue weighted by atomic mass is 9.89. The van der Waals surface area contributed by atoms with Crippen molar-refractivity contribution in [3.63, 3.8) is 0 Å². The predicted octanol–water partition coefficient (Wildman–Crippen LogP) is 3.69. The van der Waals surface area contributed by atoms with Crippen molar-refractivity contribution in [1.29, 1.82) is 0 Å². The van der Waals surface area contributed by atoms with Gasteiger partial charge in [-0.3, -0.25) is 9.80 Å². The summed E-state index contributed by atoms with van der Waals surface area (Å²) in [4.78, 5) is 8.05. The number of piperazine rings is 1. The summed E-state index contributed by atoms with van der Waals surface area (Å²) >= 11 is 0. The lowest BCUT2D eigenvalue weighted by Gasteiger charge is -2.44. The van der Waals surface area contributed by atoms with Crippen LogP contribution in [0.25, 0.3) is 0 Å². The average molecular weight is 324 g/mol. The zero-order valence-corrected chi connectivity index (χ0v) is 16.7. The lowest BCUT2D eigenvalue weighted by Crippen LogP contribution is -2.53. The molecule has 0 aromatic heterocycles. The third-order valence-corrected chi connectivity index (χ3v) is 6.51. The predicted molar refractivity (Wildman–Crippen MR) is 101 cm³/mol. The van der Waals surface area contributed by atoms with Gasteiger partial charge >= 0.3 is 0 Å². The van der Waals surface area contributed by atoms with Gasteiger partial charge in [-0.1, -0.05) is 6.92 Å². The summed E-state index contributed by atoms with van der Waals surface area (Å²) in [5, 5.41) is 0. The Morgan fingerprint density at radius 3 is 1.83 bits per heavy atom. The van der Waals surface area contributed by atoms with Crippen molar-refractivity contribution in [2.24, 2.45) is 5.92 Å². The third-order valence-electron chi connectivity index (χ3n) is 6.51. The smallest absolute Gasteiger partial charge is 0.0150 e. The van der Waals surface area contributed by atoms with Crippen molar-refractivity contribution >= 4 is 0 Å². The lowest BCUT2D eigenvalue weighted by molar-refractivity contribution is 0.0488. The zero-order valence-electron chi connectivity index (χ0n) is 16.7. The van der Waals surface area contributed by atoms with E-state index in [-0.39, 0.29) is 0 Å². The van der Waals surface area contributed by atoms with Crippen LogP contribution in [0.15, 0.2) is 0 Å². The minimum Gasteiger partial charge on any atom is -0.301 e. The molecule has 0 N–H and O–H groups in total. The quantitative estimate of drug-likeness (QED) is 0.764. The van der Waals surface area contributed by atoms with Gasteiger partial charge in [0.15, 0.2) is 0 Å². The molecule has 3 nitrogen and oxygen atoms in total. The molecular weight excluding hydrogens is 282 g/mol. The molecule has 136 valence electrons. The van der Waals surface area contributed by atoms with Crippen molar-refractivity contribution < 1.29 is 0 Å². The summed E-state index contributed by atoms with van der Waals surface area (Å²) in [5.74, 6) is 0.958. The normalized spacial score (nSPS) is 24.3. The first-order chi connectivity index (χ1) is 10.7. The summed E-state index contributed by atoms with van der Waals surface area (Å²) < 4.78 is 0. The molecule has 2 fully saturated rings. The van der Waals surface area contributed by atoms with E-state index >= 15 is 0 Å². The molecule has 0 amide bonds. The van der Waals surface area contributed by atoms with Crippen molar-refractivity contribution in [2.75, 3.05) is 45.8 Å². The van der Waals surface area contributed by atoms with Crippen LogP contribution in [0.1, 0.15) is 67.2 Å². The number of hydrogen-bond acceptors (Lipinski definition) is 3. The van der Waals surface area contributed by atoms with Crippen LogP contribution < -0.4 is 0 Å². The van der Waals surface area contributed by atoms with Gasteiger partial charge < -0.3 is 4.90 Å². The molecule has 0 unspecified atom stereocenters. The van der Waals surface area contributed by atoms with Gasteiger partial charge in [-0.25, -0.2) is 0 Å². The van der Waals surface area contributed by atoms with Gasteiger partial charge in [0.1, 0.15) is 0 Å². The highest BCUT2D eigenvalue weighted by Gasteiger charge is 2.30. The molecule has 2 heterocycles. The van der Waals surface area contributed by atoms with E-state index in [2.05, 4.69) is 56.2 Å². The van der Waals surface area contributed by atoms with Crippen LogP contribution in [0.4, 0.5) is 0 Å². The number of nitrogens with zero attached hydrogens (tertiary/aromatic N) is 3. The number of likely N-dealkylation sites (tertiary alicyclic amines) is 1. The summed E-state index contributed by atoms with van der Waals surface area (Å²) in [7, 11) is 0. The van der Waals surface area contributed by atoms with Crippen LogP contribution in [0.5, 0.6) is 0 Å². The summed E-state index contributed by atoms with van der Waals surface area (Å²) in [6.45, 7) is 23.1. The Hall–Kier alpha value is -0.120. The summed E-state index contributed by atoms with van der Waals surface area (Å²) in [5.41, 5.74) is 0.735. The van der Waals surface area contributed by atoms with E-state index < -0.39 is 0 Å². The van der Waals surface area contributed by atoms with Gasteiger partial charge in [-0.05, 0) is 85.9 Å². The Kier molecular flexibility index (Phi) is 6.55. The summed E-state index contributed by atoms with van der Waals surface area (Å²) in [6, 6.07) is 0. The first-order valence-corrected chi connectivity index (χ1v) is 9.95. The number of hydrogen-bond donors (Lipinski definition) is 0. The molecule has 2 aliphatic rings. The molecule has 0 saturated carbocycles. The second-order valence-electron chi connectivity index (χ2n) is 9.38. The Morgan fingerprint density at radius 1 is 0.783 bits per heavy atom. The minimum atomic E-state index is 0.338. The molecule has 3 heteroatoms. The number of rotatable bonds is 5. The maximum atomic E-state index is 2.71. The van der Waals surface area contributed by atoms with Gasteiger partial charge in [0.2, 0.25) is 0 Å². The van der Waals surface area contributed by atoms with E-state index in [0.717, 1.165) is 5.92 Å². The van der Waals surface area contributed by atoms with E-state index in [1.54, 1.807) is 0 Å². The maximum Gasteiger partial charge on any atom is 0.0150 e. The molecule has 0 radical (unpaired) electrons. The van der Waals surface area contributed by atoms with Crippen LogP contribution in [0.2, 0.25) is 0 Å². The van der Waals surface area contributed by atoms with Gasteiger partial charge in [0.05, 0.1) is 0 Å². The van der Waals surface area contributed by atoms with Crippen LogP contribution >= 0.6 is 0 Å². The second kappa shape index (κ2) is 7.84. The fraction of sp³-hybridized carbons (Fsp3) is 1.00. The maximum absolute atomic E-state index is 2.71. The summed E-state index contributed by atoms with van der Waals surface area (Å²) in [6.07, 6.45) is 5.49. The van der Waals surface area contributed by atoms with Crippen molar-refractivity contribution in [3.05, 3.63) is 0 Å². The molecule has 0 bridgehead atoms. The fourth-order valence-electron chi connectivity index (χ4n) is 4.06. The van der Waals surface area contributed by atoms with Crippen molar-refractivity contribution in [1.82, 2.24) is 14.7 Å². The van der Waals surface area contributed by atoms with E-state index in [9.17, 15) is 0 Å². The molecule has 2 aliphatic heterocycles. The van der Waals surface area contributed by atoms with E-state index in [1.165, 1.54) is 71.5 Å². The monoisotopic (exact) mass is 323 g/mol. The Labute approximate surface area is 145 Å². The highest BCUT2D eigenvalue weighted by Crippen LogP contribution is 2.28. The molecule has 0 spiro atoms. The van der Waals surface area contributed by atoms with Gasteiger partial charge in [0.25, 0.3) is 0 Å². The molecule has 2 saturated heterocycles. The van der Waals surface area contributed by atoms with E-state index in [0.29, 0.717) is 11.1 Å². The molecule has 0 atom stereocenters. The van der Waals surface area contributed by atoms with Crippen LogP contribution in [0, 0.1) is 5.92 Å². The molecule has 2 rings (SSSR count). The highest BCUT2D eigenvalue weighted by atomic mass is 15.3. The average Bonchev–Trinajstić information content (AvgIpc) is 2.53. The topological polar surface area (TPSA) is 9.72 Å². The molecule has 23 heavy (non-hydrogen) atoms. The Bertz CT molecular complexity index is 342. The molecule has 0 aliphatic carbocycles. The SMILES string of the molecule is CCC(C)(C)N1CCC(CCN2CCN(C(C)(C)C)CC2)CC1. The number of piperidine rings is 1. The first-order valence-electron chi connectivity index (χ1n) is 9.95. The first kappa shape index (κ1) is 19.2. The fourth-order valence-corrected chi connectivity index (χ4v) is 4.06. The van der Waals surface area contributed by atoms with E-state index in [4.69, 9.17) is 0 Å². The Balaban J connectivity index is 1.65. The third kappa shape index (κ3) is 5.44.